The van der Waals surface area contributed by atoms with Crippen LogP contribution in [0.25, 0.3) is 0 Å². The lowest BCUT2D eigenvalue weighted by atomic mass is 9.90. The summed E-state index contributed by atoms with van der Waals surface area (Å²) in [6.07, 6.45) is -9.57. The van der Waals surface area contributed by atoms with Crippen LogP contribution in [0.15, 0.2) is 48.5 Å². The van der Waals surface area contributed by atoms with Gasteiger partial charge >= 0.3 is 12.4 Å². The van der Waals surface area contributed by atoms with E-state index in [0.29, 0.717) is 24.2 Å². The SMILES string of the molecule is Br.CC(C)(C)c1nc(NC(=O)c2cc(C(F)(F)F)cc(C(F)(F)F)c2)sc1Cc1ccccc1. The van der Waals surface area contributed by atoms with Gasteiger partial charge in [-0.1, -0.05) is 51.1 Å². The van der Waals surface area contributed by atoms with E-state index >= 15 is 0 Å². The van der Waals surface area contributed by atoms with Crippen LogP contribution in [0.4, 0.5) is 31.5 Å². The summed E-state index contributed by atoms with van der Waals surface area (Å²) in [6, 6.07) is 10.2. The molecule has 3 aromatic rings. The van der Waals surface area contributed by atoms with E-state index < -0.39 is 40.4 Å². The first-order valence-electron chi connectivity index (χ1n) is 9.79. The fourth-order valence-electron chi connectivity index (χ4n) is 3.15. The smallest absolute Gasteiger partial charge is 0.298 e. The van der Waals surface area contributed by atoms with E-state index in [-0.39, 0.29) is 28.2 Å². The van der Waals surface area contributed by atoms with Gasteiger partial charge < -0.3 is 0 Å². The molecule has 3 rings (SSSR count). The molecule has 0 aliphatic heterocycles. The highest BCUT2D eigenvalue weighted by atomic mass is 79.9. The molecule has 0 atom stereocenters. The van der Waals surface area contributed by atoms with Crippen molar-refractivity contribution in [3.63, 3.8) is 0 Å². The van der Waals surface area contributed by atoms with Crippen LogP contribution >= 0.6 is 28.3 Å². The number of alkyl halides is 6. The number of nitrogens with one attached hydrogen (secondary N) is 1. The minimum absolute atomic E-state index is 0. The molecule has 1 heterocycles. The molecule has 0 unspecified atom stereocenters. The third-order valence-electron chi connectivity index (χ3n) is 4.69. The molecule has 1 amide bonds. The molecule has 0 aliphatic carbocycles. The Kier molecular flexibility index (Phi) is 8.25. The molecule has 184 valence electrons. The number of amides is 1. The molecule has 0 aliphatic rings. The highest BCUT2D eigenvalue weighted by molar-refractivity contribution is 8.93. The van der Waals surface area contributed by atoms with Gasteiger partial charge in [0.05, 0.1) is 16.8 Å². The summed E-state index contributed by atoms with van der Waals surface area (Å²) >= 11 is 1.14. The number of benzene rings is 2. The number of aromatic nitrogens is 1. The molecule has 11 heteroatoms. The molecule has 0 saturated heterocycles. The standard InChI is InChI=1S/C23H20F6N2OS.BrH/c1-21(2,3)18-17(9-13-7-5-4-6-8-13)33-20(30-18)31-19(32)14-10-15(22(24,25)26)12-16(11-14)23(27,28)29;/h4-8,10-12H,9H2,1-3H3,(H,30,31,32);1H. The van der Waals surface area contributed by atoms with Crippen molar-refractivity contribution < 1.29 is 31.1 Å². The van der Waals surface area contributed by atoms with Crippen LogP contribution in [-0.4, -0.2) is 10.9 Å². The second-order valence-electron chi connectivity index (χ2n) is 8.45. The van der Waals surface area contributed by atoms with E-state index in [1.165, 1.54) is 0 Å². The van der Waals surface area contributed by atoms with Crippen molar-refractivity contribution in [2.45, 2.75) is 45.0 Å². The number of carbonyl (C=O) groups excluding carboxylic acids is 1. The number of hydrogen-bond acceptors (Lipinski definition) is 3. The Morgan fingerprint density at radius 1 is 0.912 bits per heavy atom. The van der Waals surface area contributed by atoms with Crippen molar-refractivity contribution in [2.75, 3.05) is 5.32 Å². The van der Waals surface area contributed by atoms with Gasteiger partial charge in [0.2, 0.25) is 0 Å². The Morgan fingerprint density at radius 2 is 1.44 bits per heavy atom. The van der Waals surface area contributed by atoms with Gasteiger partial charge in [-0.05, 0) is 23.8 Å². The molecule has 0 bridgehead atoms. The average Bonchev–Trinajstić information content (AvgIpc) is 3.09. The van der Waals surface area contributed by atoms with E-state index in [9.17, 15) is 31.1 Å². The number of anilines is 1. The highest BCUT2D eigenvalue weighted by Gasteiger charge is 2.37. The minimum atomic E-state index is -5.04. The molecule has 34 heavy (non-hydrogen) atoms. The second-order valence-corrected chi connectivity index (χ2v) is 9.54. The Labute approximate surface area is 207 Å². The number of carbonyl (C=O) groups is 1. The Hall–Kier alpha value is -2.40. The predicted octanol–water partition coefficient (Wildman–Crippen LogP) is 7.90. The summed E-state index contributed by atoms with van der Waals surface area (Å²) in [6.45, 7) is 5.76. The van der Waals surface area contributed by atoms with Crippen LogP contribution < -0.4 is 5.32 Å². The van der Waals surface area contributed by atoms with E-state index in [1.807, 2.05) is 51.1 Å². The zero-order valence-electron chi connectivity index (χ0n) is 18.3. The van der Waals surface area contributed by atoms with Gasteiger partial charge in [-0.15, -0.1) is 28.3 Å². The summed E-state index contributed by atoms with van der Waals surface area (Å²) in [5.74, 6) is -1.10. The lowest BCUT2D eigenvalue weighted by molar-refractivity contribution is -0.143. The molecule has 1 aromatic heterocycles. The number of hydrogen-bond donors (Lipinski definition) is 1. The van der Waals surface area contributed by atoms with Gasteiger partial charge in [0.1, 0.15) is 0 Å². The van der Waals surface area contributed by atoms with Crippen LogP contribution in [0.2, 0.25) is 0 Å². The normalized spacial score (nSPS) is 12.3. The van der Waals surface area contributed by atoms with Gasteiger partial charge in [0.25, 0.3) is 5.91 Å². The van der Waals surface area contributed by atoms with Crippen molar-refractivity contribution in [3.8, 4) is 0 Å². The van der Waals surface area contributed by atoms with Gasteiger partial charge in [-0.3, -0.25) is 10.1 Å². The minimum Gasteiger partial charge on any atom is -0.298 e. The number of thiazole rings is 1. The van der Waals surface area contributed by atoms with Crippen LogP contribution in [0.3, 0.4) is 0 Å². The topological polar surface area (TPSA) is 42.0 Å². The van der Waals surface area contributed by atoms with Crippen LogP contribution in [0.5, 0.6) is 0 Å². The fourth-order valence-corrected chi connectivity index (χ4v) is 4.35. The summed E-state index contributed by atoms with van der Waals surface area (Å²) in [4.78, 5) is 17.9. The van der Waals surface area contributed by atoms with Gasteiger partial charge in [-0.2, -0.15) is 26.3 Å². The zero-order valence-corrected chi connectivity index (χ0v) is 20.8. The number of halogens is 7. The maximum absolute atomic E-state index is 13.1. The Bertz CT molecular complexity index is 1120. The monoisotopic (exact) mass is 566 g/mol. The quantitative estimate of drug-likeness (QED) is 0.326. The molecule has 0 spiro atoms. The highest BCUT2D eigenvalue weighted by Crippen LogP contribution is 2.37. The Balaban J connectivity index is 0.00000408. The maximum atomic E-state index is 13.1. The Morgan fingerprint density at radius 3 is 1.91 bits per heavy atom. The molecular weight excluding hydrogens is 546 g/mol. The van der Waals surface area contributed by atoms with Crippen LogP contribution in [-0.2, 0) is 24.2 Å². The van der Waals surface area contributed by atoms with Crippen molar-refractivity contribution in [1.82, 2.24) is 4.98 Å². The van der Waals surface area contributed by atoms with Crippen molar-refractivity contribution >= 4 is 39.4 Å². The molecule has 3 nitrogen and oxygen atoms in total. The maximum Gasteiger partial charge on any atom is 0.416 e. The average molecular weight is 567 g/mol. The van der Waals surface area contributed by atoms with Crippen LogP contribution in [0.1, 0.15) is 58.4 Å². The van der Waals surface area contributed by atoms with Crippen molar-refractivity contribution in [2.24, 2.45) is 0 Å². The lowest BCUT2D eigenvalue weighted by Crippen LogP contribution is -2.18. The summed E-state index contributed by atoms with van der Waals surface area (Å²) in [7, 11) is 0. The number of rotatable bonds is 4. The van der Waals surface area contributed by atoms with Gasteiger partial charge in [-0.25, -0.2) is 4.98 Å². The molecule has 1 N–H and O–H groups in total. The third-order valence-corrected chi connectivity index (χ3v) is 5.66. The van der Waals surface area contributed by atoms with E-state index in [1.54, 1.807) is 0 Å². The molecule has 0 saturated carbocycles. The fraction of sp³-hybridized carbons (Fsp3) is 0.304. The summed E-state index contributed by atoms with van der Waals surface area (Å²) in [5.41, 5.74) is -2.58. The van der Waals surface area contributed by atoms with Crippen molar-refractivity contribution in [3.05, 3.63) is 81.4 Å². The van der Waals surface area contributed by atoms with Gasteiger partial charge in [0, 0.05) is 22.3 Å². The van der Waals surface area contributed by atoms with Crippen LogP contribution in [0, 0.1) is 0 Å². The first-order chi connectivity index (χ1) is 15.1. The predicted molar refractivity (Wildman–Crippen MR) is 125 cm³/mol. The molecule has 2 aromatic carbocycles. The van der Waals surface area contributed by atoms with Gasteiger partial charge in [0.15, 0.2) is 5.13 Å². The molecule has 0 radical (unpaired) electrons. The van der Waals surface area contributed by atoms with E-state index in [0.717, 1.165) is 21.8 Å². The lowest BCUT2D eigenvalue weighted by Gasteiger charge is -2.17. The summed E-state index contributed by atoms with van der Waals surface area (Å²) < 4.78 is 78.7. The van der Waals surface area contributed by atoms with E-state index in [4.69, 9.17) is 0 Å². The summed E-state index contributed by atoms with van der Waals surface area (Å²) in [5, 5.41) is 2.47. The zero-order chi connectivity index (χ0) is 24.6. The first kappa shape index (κ1) is 27.8. The molecule has 0 fully saturated rings. The third kappa shape index (κ3) is 6.82. The second kappa shape index (κ2) is 10.1. The first-order valence-corrected chi connectivity index (χ1v) is 10.6. The van der Waals surface area contributed by atoms with Crippen molar-refractivity contribution in [1.29, 1.82) is 0 Å². The van der Waals surface area contributed by atoms with E-state index in [2.05, 4.69) is 10.3 Å². The number of nitrogens with zero attached hydrogens (tertiary/aromatic N) is 1. The largest absolute Gasteiger partial charge is 0.416 e. The molecular formula is C23H21BrF6N2OS.